The maximum absolute atomic E-state index is 9.65. The molecule has 1 heterocycles. The Morgan fingerprint density at radius 2 is 1.88 bits per heavy atom. The lowest BCUT2D eigenvalue weighted by Gasteiger charge is -2.09. The molecule has 17 heavy (non-hydrogen) atoms. The van der Waals surface area contributed by atoms with Crippen molar-refractivity contribution in [1.29, 1.82) is 0 Å². The molecule has 0 aliphatic heterocycles. The minimum absolute atomic E-state index is 0.159. The Kier molecular flexibility index (Phi) is 3.71. The summed E-state index contributed by atoms with van der Waals surface area (Å²) in [5.74, 6) is 0.795. The standard InChI is InChI=1S/C12H10Cl2N2O/c13-9-3-1-4-10(17)8(9)7-15-12-6-2-5-11(14)16-12/h1-6,17H,7H2,(H,15,16). The number of aromatic hydroxyl groups is 1. The number of halogens is 2. The number of pyridine rings is 1. The van der Waals surface area contributed by atoms with Crippen LogP contribution in [0.3, 0.4) is 0 Å². The minimum atomic E-state index is 0.159. The van der Waals surface area contributed by atoms with Crippen LogP contribution in [0.4, 0.5) is 5.82 Å². The zero-order valence-corrected chi connectivity index (χ0v) is 10.3. The van der Waals surface area contributed by atoms with E-state index >= 15 is 0 Å². The molecule has 2 rings (SSSR count). The number of rotatable bonds is 3. The zero-order valence-electron chi connectivity index (χ0n) is 8.82. The second-order valence-electron chi connectivity index (χ2n) is 3.44. The van der Waals surface area contributed by atoms with Crippen LogP contribution < -0.4 is 5.32 Å². The largest absolute Gasteiger partial charge is 0.508 e. The van der Waals surface area contributed by atoms with E-state index in [1.54, 1.807) is 36.4 Å². The number of anilines is 1. The summed E-state index contributed by atoms with van der Waals surface area (Å²) in [5.41, 5.74) is 0.635. The molecule has 0 amide bonds. The number of hydrogen-bond donors (Lipinski definition) is 2. The Balaban J connectivity index is 2.13. The molecule has 3 nitrogen and oxygen atoms in total. The zero-order chi connectivity index (χ0) is 12.3. The Hall–Kier alpha value is -1.45. The van der Waals surface area contributed by atoms with Crippen molar-refractivity contribution in [3.8, 4) is 5.75 Å². The van der Waals surface area contributed by atoms with E-state index in [-0.39, 0.29) is 5.75 Å². The Bertz CT molecular complexity index is 511. The Morgan fingerprint density at radius 1 is 1.12 bits per heavy atom. The molecular weight excluding hydrogens is 259 g/mol. The van der Waals surface area contributed by atoms with Crippen molar-refractivity contribution in [1.82, 2.24) is 4.98 Å². The molecule has 0 saturated carbocycles. The Labute approximate surface area is 109 Å². The van der Waals surface area contributed by atoms with Gasteiger partial charge in [-0.25, -0.2) is 4.98 Å². The van der Waals surface area contributed by atoms with E-state index in [1.165, 1.54) is 0 Å². The van der Waals surface area contributed by atoms with Gasteiger partial charge in [0.15, 0.2) is 0 Å². The fraction of sp³-hybridized carbons (Fsp3) is 0.0833. The average Bonchev–Trinajstić information content (AvgIpc) is 2.28. The van der Waals surface area contributed by atoms with Gasteiger partial charge in [0.1, 0.15) is 16.7 Å². The van der Waals surface area contributed by atoms with E-state index in [2.05, 4.69) is 10.3 Å². The smallest absolute Gasteiger partial charge is 0.131 e. The molecule has 5 heteroatoms. The molecule has 2 N–H and O–H groups in total. The maximum Gasteiger partial charge on any atom is 0.131 e. The molecule has 0 saturated heterocycles. The summed E-state index contributed by atoms with van der Waals surface area (Å²) in [6.07, 6.45) is 0. The van der Waals surface area contributed by atoms with Crippen LogP contribution in [-0.4, -0.2) is 10.1 Å². The van der Waals surface area contributed by atoms with Gasteiger partial charge in [-0.3, -0.25) is 0 Å². The first kappa shape index (κ1) is 12.0. The van der Waals surface area contributed by atoms with Crippen molar-refractivity contribution in [2.24, 2.45) is 0 Å². The number of phenols is 1. The quantitative estimate of drug-likeness (QED) is 0.835. The van der Waals surface area contributed by atoms with Gasteiger partial charge in [-0.2, -0.15) is 0 Å². The third-order valence-electron chi connectivity index (χ3n) is 2.26. The molecule has 0 aliphatic rings. The van der Waals surface area contributed by atoms with Gasteiger partial charge in [0.05, 0.1) is 0 Å². The SMILES string of the molecule is Oc1cccc(Cl)c1CNc1cccc(Cl)n1. The molecule has 0 aliphatic carbocycles. The summed E-state index contributed by atoms with van der Waals surface area (Å²) in [5, 5.41) is 13.6. The van der Waals surface area contributed by atoms with E-state index in [4.69, 9.17) is 23.2 Å². The second kappa shape index (κ2) is 5.25. The molecule has 88 valence electrons. The van der Waals surface area contributed by atoms with Crippen LogP contribution in [0.15, 0.2) is 36.4 Å². The van der Waals surface area contributed by atoms with Crippen LogP contribution >= 0.6 is 23.2 Å². The van der Waals surface area contributed by atoms with E-state index in [1.807, 2.05) is 0 Å². The van der Waals surface area contributed by atoms with Crippen LogP contribution in [0.25, 0.3) is 0 Å². The minimum Gasteiger partial charge on any atom is -0.508 e. The summed E-state index contributed by atoms with van der Waals surface area (Å²) in [4.78, 5) is 4.08. The summed E-state index contributed by atoms with van der Waals surface area (Å²) in [6.45, 7) is 0.388. The highest BCUT2D eigenvalue weighted by atomic mass is 35.5. The molecule has 0 fully saturated rings. The van der Waals surface area contributed by atoms with Gasteiger partial charge in [0.25, 0.3) is 0 Å². The summed E-state index contributed by atoms with van der Waals surface area (Å²) < 4.78 is 0. The fourth-order valence-corrected chi connectivity index (χ4v) is 1.81. The second-order valence-corrected chi connectivity index (χ2v) is 4.23. The molecule has 0 atom stereocenters. The van der Waals surface area contributed by atoms with E-state index in [9.17, 15) is 5.11 Å². The molecule has 0 unspecified atom stereocenters. The predicted octanol–water partition coefficient (Wildman–Crippen LogP) is 3.71. The van der Waals surface area contributed by atoms with Gasteiger partial charge in [-0.05, 0) is 24.3 Å². The van der Waals surface area contributed by atoms with Gasteiger partial charge >= 0.3 is 0 Å². The highest BCUT2D eigenvalue weighted by Crippen LogP contribution is 2.25. The van der Waals surface area contributed by atoms with Gasteiger partial charge in [-0.15, -0.1) is 0 Å². The first-order valence-corrected chi connectivity index (χ1v) is 5.75. The lowest BCUT2D eigenvalue weighted by Crippen LogP contribution is -2.02. The summed E-state index contributed by atoms with van der Waals surface area (Å²) in [6, 6.07) is 10.3. The lowest BCUT2D eigenvalue weighted by atomic mass is 10.2. The normalized spacial score (nSPS) is 10.2. The van der Waals surface area contributed by atoms with Crippen molar-refractivity contribution in [3.63, 3.8) is 0 Å². The van der Waals surface area contributed by atoms with Crippen LogP contribution in [-0.2, 0) is 6.54 Å². The molecular formula is C12H10Cl2N2O. The van der Waals surface area contributed by atoms with Crippen LogP contribution in [0, 0.1) is 0 Å². The van der Waals surface area contributed by atoms with Crippen molar-refractivity contribution < 1.29 is 5.11 Å². The third kappa shape index (κ3) is 3.02. The number of phenolic OH excluding ortho intramolecular Hbond substituents is 1. The topological polar surface area (TPSA) is 45.1 Å². The summed E-state index contributed by atoms with van der Waals surface area (Å²) in [7, 11) is 0. The number of benzene rings is 1. The van der Waals surface area contributed by atoms with Crippen LogP contribution in [0.5, 0.6) is 5.75 Å². The molecule has 0 spiro atoms. The summed E-state index contributed by atoms with van der Waals surface area (Å²) >= 11 is 11.7. The molecule has 0 bridgehead atoms. The molecule has 1 aromatic heterocycles. The highest BCUT2D eigenvalue weighted by molar-refractivity contribution is 6.31. The monoisotopic (exact) mass is 268 g/mol. The molecule has 0 radical (unpaired) electrons. The number of aromatic nitrogens is 1. The van der Waals surface area contributed by atoms with E-state index in [0.717, 1.165) is 0 Å². The third-order valence-corrected chi connectivity index (χ3v) is 2.82. The van der Waals surface area contributed by atoms with Gasteiger partial charge in [0, 0.05) is 17.1 Å². The van der Waals surface area contributed by atoms with Crippen LogP contribution in [0.2, 0.25) is 10.2 Å². The first-order valence-electron chi connectivity index (χ1n) is 4.99. The van der Waals surface area contributed by atoms with Gasteiger partial charge < -0.3 is 10.4 Å². The van der Waals surface area contributed by atoms with Crippen molar-refractivity contribution in [2.75, 3.05) is 5.32 Å². The number of hydrogen-bond acceptors (Lipinski definition) is 3. The predicted molar refractivity (Wildman–Crippen MR) is 69.7 cm³/mol. The van der Waals surface area contributed by atoms with Crippen molar-refractivity contribution in [3.05, 3.63) is 52.1 Å². The number of nitrogens with zero attached hydrogens (tertiary/aromatic N) is 1. The fourth-order valence-electron chi connectivity index (χ4n) is 1.41. The van der Waals surface area contributed by atoms with Gasteiger partial charge in [0.2, 0.25) is 0 Å². The Morgan fingerprint density at radius 3 is 2.59 bits per heavy atom. The average molecular weight is 269 g/mol. The first-order chi connectivity index (χ1) is 8.16. The van der Waals surface area contributed by atoms with Crippen LogP contribution in [0.1, 0.15) is 5.56 Å². The van der Waals surface area contributed by atoms with E-state index in [0.29, 0.717) is 28.1 Å². The van der Waals surface area contributed by atoms with Crippen molar-refractivity contribution >= 4 is 29.0 Å². The van der Waals surface area contributed by atoms with Crippen molar-refractivity contribution in [2.45, 2.75) is 6.54 Å². The molecule has 1 aromatic carbocycles. The molecule has 2 aromatic rings. The number of nitrogens with one attached hydrogen (secondary N) is 1. The lowest BCUT2D eigenvalue weighted by molar-refractivity contribution is 0.469. The highest BCUT2D eigenvalue weighted by Gasteiger charge is 2.05. The van der Waals surface area contributed by atoms with E-state index < -0.39 is 0 Å². The maximum atomic E-state index is 9.65. The van der Waals surface area contributed by atoms with Gasteiger partial charge in [-0.1, -0.05) is 35.3 Å².